The van der Waals surface area contributed by atoms with Gasteiger partial charge in [-0.25, -0.2) is 4.98 Å². The Bertz CT molecular complexity index is 1200. The van der Waals surface area contributed by atoms with Gasteiger partial charge in [-0.15, -0.1) is 0 Å². The molecule has 0 aliphatic rings. The second-order valence-electron chi connectivity index (χ2n) is 7.40. The number of amides is 1. The van der Waals surface area contributed by atoms with E-state index >= 15 is 0 Å². The molecule has 0 saturated carbocycles. The highest BCUT2D eigenvalue weighted by Crippen LogP contribution is 2.31. The Labute approximate surface area is 189 Å². The van der Waals surface area contributed by atoms with E-state index < -0.39 is 0 Å². The first-order valence-electron chi connectivity index (χ1n) is 10.2. The van der Waals surface area contributed by atoms with Crippen molar-refractivity contribution in [2.24, 2.45) is 0 Å². The summed E-state index contributed by atoms with van der Waals surface area (Å²) in [7, 11) is 0. The van der Waals surface area contributed by atoms with Crippen LogP contribution >= 0.6 is 15.9 Å². The third-order valence-electron chi connectivity index (χ3n) is 5.21. The van der Waals surface area contributed by atoms with Crippen molar-refractivity contribution in [3.8, 4) is 17.2 Å². The Hall–Kier alpha value is -3.12. The molecule has 0 saturated heterocycles. The van der Waals surface area contributed by atoms with Crippen molar-refractivity contribution in [1.29, 1.82) is 0 Å². The maximum absolute atomic E-state index is 12.3. The average Bonchev–Trinajstić information content (AvgIpc) is 3.21. The first-order chi connectivity index (χ1) is 15.0. The number of ether oxygens (including phenoxy) is 1. The van der Waals surface area contributed by atoms with Crippen LogP contribution in [0.3, 0.4) is 0 Å². The number of carbonyl (C=O) groups excluding carboxylic acids is 1. The molecule has 158 valence electrons. The van der Waals surface area contributed by atoms with Crippen LogP contribution < -0.4 is 10.1 Å². The zero-order valence-electron chi connectivity index (χ0n) is 17.4. The van der Waals surface area contributed by atoms with Gasteiger partial charge in [0.05, 0.1) is 5.56 Å². The van der Waals surface area contributed by atoms with Crippen LogP contribution in [-0.2, 0) is 4.79 Å². The molecule has 5 nitrogen and oxygen atoms in total. The Morgan fingerprint density at radius 2 is 1.90 bits per heavy atom. The molecule has 1 N–H and O–H groups in total. The van der Waals surface area contributed by atoms with Crippen molar-refractivity contribution in [2.45, 2.75) is 26.2 Å². The Morgan fingerprint density at radius 1 is 1.13 bits per heavy atom. The summed E-state index contributed by atoms with van der Waals surface area (Å²) in [5.41, 5.74) is 4.10. The fourth-order valence-electron chi connectivity index (χ4n) is 3.23. The van der Waals surface area contributed by atoms with Crippen molar-refractivity contribution in [1.82, 2.24) is 4.98 Å². The summed E-state index contributed by atoms with van der Waals surface area (Å²) in [5.74, 6) is 1.47. The van der Waals surface area contributed by atoms with E-state index in [0.717, 1.165) is 16.5 Å². The summed E-state index contributed by atoms with van der Waals surface area (Å²) >= 11 is 3.52. The summed E-state index contributed by atoms with van der Waals surface area (Å²) in [6.45, 7) is 4.29. The number of aromatic nitrogens is 1. The van der Waals surface area contributed by atoms with Crippen LogP contribution in [0.5, 0.6) is 5.75 Å². The fourth-order valence-corrected chi connectivity index (χ4v) is 3.68. The number of hydrogen-bond donors (Lipinski definition) is 1. The SMILES string of the molecule is CC[C@H](C)c1ccc(OCC(=O)Nc2ccc3oc(-c4ccccc4Br)nc3c2)cc1. The van der Waals surface area contributed by atoms with E-state index in [-0.39, 0.29) is 12.5 Å². The minimum absolute atomic E-state index is 0.0677. The third-order valence-corrected chi connectivity index (χ3v) is 5.90. The van der Waals surface area contributed by atoms with Crippen LogP contribution in [0, 0.1) is 0 Å². The average molecular weight is 479 g/mol. The number of anilines is 1. The highest BCUT2D eigenvalue weighted by Gasteiger charge is 2.12. The lowest BCUT2D eigenvalue weighted by molar-refractivity contribution is -0.118. The second kappa shape index (κ2) is 9.35. The van der Waals surface area contributed by atoms with Gasteiger partial charge in [0.25, 0.3) is 5.91 Å². The number of nitrogens with zero attached hydrogens (tertiary/aromatic N) is 1. The van der Waals surface area contributed by atoms with Gasteiger partial charge >= 0.3 is 0 Å². The first kappa shape index (κ1) is 21.1. The fraction of sp³-hybridized carbons (Fsp3) is 0.200. The molecule has 1 aromatic heterocycles. The molecule has 0 bridgehead atoms. The lowest BCUT2D eigenvalue weighted by Gasteiger charge is -2.11. The van der Waals surface area contributed by atoms with Crippen LogP contribution in [0.1, 0.15) is 31.7 Å². The summed E-state index contributed by atoms with van der Waals surface area (Å²) in [6.07, 6.45) is 1.09. The molecule has 1 amide bonds. The lowest BCUT2D eigenvalue weighted by atomic mass is 9.99. The van der Waals surface area contributed by atoms with Crippen molar-refractivity contribution < 1.29 is 13.9 Å². The molecular formula is C25H23BrN2O3. The van der Waals surface area contributed by atoms with Crippen LogP contribution in [0.2, 0.25) is 0 Å². The number of oxazole rings is 1. The zero-order valence-corrected chi connectivity index (χ0v) is 19.0. The summed E-state index contributed by atoms with van der Waals surface area (Å²) in [5, 5.41) is 2.85. The van der Waals surface area contributed by atoms with E-state index in [4.69, 9.17) is 9.15 Å². The van der Waals surface area contributed by atoms with Gasteiger partial charge in [-0.1, -0.05) is 38.1 Å². The molecule has 0 radical (unpaired) electrons. The van der Waals surface area contributed by atoms with Crippen LogP contribution in [0.15, 0.2) is 75.6 Å². The number of fused-ring (bicyclic) bond motifs is 1. The van der Waals surface area contributed by atoms with Crippen molar-refractivity contribution >= 4 is 38.6 Å². The van der Waals surface area contributed by atoms with Gasteiger partial charge in [0.15, 0.2) is 12.2 Å². The van der Waals surface area contributed by atoms with Crippen molar-refractivity contribution in [3.05, 3.63) is 76.8 Å². The molecule has 4 aromatic rings. The highest BCUT2D eigenvalue weighted by atomic mass is 79.9. The van der Waals surface area contributed by atoms with Crippen LogP contribution in [-0.4, -0.2) is 17.5 Å². The van der Waals surface area contributed by atoms with E-state index in [9.17, 15) is 4.79 Å². The molecule has 0 aliphatic heterocycles. The minimum Gasteiger partial charge on any atom is -0.484 e. The quantitative estimate of drug-likeness (QED) is 0.317. The molecule has 4 rings (SSSR count). The topological polar surface area (TPSA) is 64.4 Å². The summed E-state index contributed by atoms with van der Waals surface area (Å²) in [4.78, 5) is 16.9. The van der Waals surface area contributed by atoms with Crippen molar-refractivity contribution in [2.75, 3.05) is 11.9 Å². The predicted octanol–water partition coefficient (Wildman–Crippen LogP) is 6.79. The normalized spacial score (nSPS) is 12.0. The van der Waals surface area contributed by atoms with Gasteiger partial charge in [0.2, 0.25) is 5.89 Å². The van der Waals surface area contributed by atoms with Crippen LogP contribution in [0.25, 0.3) is 22.6 Å². The molecule has 0 unspecified atom stereocenters. The van der Waals surface area contributed by atoms with Gasteiger partial charge in [-0.2, -0.15) is 0 Å². The van der Waals surface area contributed by atoms with E-state index in [1.165, 1.54) is 5.56 Å². The smallest absolute Gasteiger partial charge is 0.262 e. The summed E-state index contributed by atoms with van der Waals surface area (Å²) < 4.78 is 12.4. The van der Waals surface area contributed by atoms with Crippen LogP contribution in [0.4, 0.5) is 5.69 Å². The molecule has 0 aliphatic carbocycles. The van der Waals surface area contributed by atoms with E-state index in [0.29, 0.717) is 34.3 Å². The molecule has 0 spiro atoms. The number of nitrogens with one attached hydrogen (secondary N) is 1. The van der Waals surface area contributed by atoms with Gasteiger partial charge in [-0.05, 0) is 76.3 Å². The Balaban J connectivity index is 1.40. The number of carbonyl (C=O) groups is 1. The second-order valence-corrected chi connectivity index (χ2v) is 8.25. The number of benzene rings is 3. The largest absolute Gasteiger partial charge is 0.484 e. The van der Waals surface area contributed by atoms with Gasteiger partial charge in [-0.3, -0.25) is 4.79 Å². The van der Waals surface area contributed by atoms with Gasteiger partial charge in [0.1, 0.15) is 11.3 Å². The van der Waals surface area contributed by atoms with E-state index in [1.54, 1.807) is 18.2 Å². The molecular weight excluding hydrogens is 456 g/mol. The predicted molar refractivity (Wildman–Crippen MR) is 126 cm³/mol. The number of halogens is 1. The highest BCUT2D eigenvalue weighted by molar-refractivity contribution is 9.10. The Morgan fingerprint density at radius 3 is 2.65 bits per heavy atom. The maximum Gasteiger partial charge on any atom is 0.262 e. The molecule has 1 atom stereocenters. The molecule has 1 heterocycles. The maximum atomic E-state index is 12.3. The monoisotopic (exact) mass is 478 g/mol. The standard InChI is InChI=1S/C25H23BrN2O3/c1-3-16(2)17-8-11-19(12-9-17)30-15-24(29)27-18-10-13-23-22(14-18)28-25(31-23)20-6-4-5-7-21(20)26/h4-14,16H,3,15H2,1-2H3,(H,27,29)/t16-/m0/s1. The molecule has 0 fully saturated rings. The van der Waals surface area contributed by atoms with Crippen molar-refractivity contribution in [3.63, 3.8) is 0 Å². The third kappa shape index (κ3) is 4.97. The van der Waals surface area contributed by atoms with E-state index in [2.05, 4.69) is 40.1 Å². The van der Waals surface area contributed by atoms with E-state index in [1.807, 2.05) is 48.5 Å². The number of rotatable bonds is 7. The van der Waals surface area contributed by atoms with Gasteiger partial charge in [0, 0.05) is 10.2 Å². The first-order valence-corrected chi connectivity index (χ1v) is 11.0. The Kier molecular flexibility index (Phi) is 6.37. The molecule has 6 heteroatoms. The summed E-state index contributed by atoms with van der Waals surface area (Å²) in [6, 6.07) is 21.0. The zero-order chi connectivity index (χ0) is 21.8. The van der Waals surface area contributed by atoms with Gasteiger partial charge < -0.3 is 14.5 Å². The molecule has 31 heavy (non-hydrogen) atoms. The minimum atomic E-state index is -0.236. The number of hydrogen-bond acceptors (Lipinski definition) is 4. The molecule has 3 aromatic carbocycles. The lowest BCUT2D eigenvalue weighted by Crippen LogP contribution is -2.20.